The van der Waals surface area contributed by atoms with E-state index in [1.807, 2.05) is 35.4 Å². The van der Waals surface area contributed by atoms with Gasteiger partial charge in [0.25, 0.3) is 5.91 Å². The minimum absolute atomic E-state index is 0.0322. The number of carbonyl (C=O) groups is 2. The number of benzene rings is 2. The zero-order valence-corrected chi connectivity index (χ0v) is 21.7. The van der Waals surface area contributed by atoms with E-state index in [1.54, 1.807) is 11.0 Å². The van der Waals surface area contributed by atoms with Crippen LogP contribution in [0.4, 0.5) is 4.39 Å². The van der Waals surface area contributed by atoms with Crippen molar-refractivity contribution in [1.29, 1.82) is 0 Å². The molecule has 200 valence electrons. The zero-order valence-electron chi connectivity index (χ0n) is 21.7. The van der Waals surface area contributed by atoms with Crippen molar-refractivity contribution in [2.24, 2.45) is 0 Å². The molecule has 0 bridgehead atoms. The summed E-state index contributed by atoms with van der Waals surface area (Å²) in [5.41, 5.74) is 2.52. The minimum Gasteiger partial charge on any atom is -0.379 e. The average Bonchev–Trinajstić information content (AvgIpc) is 3.69. The van der Waals surface area contributed by atoms with Gasteiger partial charge < -0.3 is 19.1 Å². The van der Waals surface area contributed by atoms with Crippen molar-refractivity contribution in [3.63, 3.8) is 0 Å². The van der Waals surface area contributed by atoms with E-state index in [2.05, 4.69) is 27.7 Å². The molecule has 1 saturated carbocycles. The molecule has 2 aromatic carbocycles. The minimum atomic E-state index is -0.464. The predicted molar refractivity (Wildman–Crippen MR) is 143 cm³/mol. The van der Waals surface area contributed by atoms with Crippen molar-refractivity contribution in [2.45, 2.75) is 32.0 Å². The van der Waals surface area contributed by atoms with E-state index in [-0.39, 0.29) is 30.0 Å². The van der Waals surface area contributed by atoms with E-state index < -0.39 is 5.82 Å². The van der Waals surface area contributed by atoms with Crippen molar-refractivity contribution in [3.05, 3.63) is 95.6 Å². The van der Waals surface area contributed by atoms with Gasteiger partial charge in [-0.2, -0.15) is 0 Å². The lowest BCUT2D eigenvalue weighted by Crippen LogP contribution is -2.47. The van der Waals surface area contributed by atoms with Crippen LogP contribution < -0.4 is 0 Å². The fraction of sp³-hybridized carbons (Fsp3) is 0.400. The van der Waals surface area contributed by atoms with Crippen LogP contribution in [0.15, 0.2) is 72.9 Å². The first kappa shape index (κ1) is 26.1. The fourth-order valence-electron chi connectivity index (χ4n) is 4.91. The SMILES string of the molecule is O=C(c1cccc(F)c1)N(CCN1CCOCC1)CC(=O)N(Cc1cccn1Cc1ccccc1)C1CC1. The van der Waals surface area contributed by atoms with E-state index in [9.17, 15) is 14.0 Å². The molecule has 3 aromatic rings. The smallest absolute Gasteiger partial charge is 0.254 e. The molecule has 0 radical (unpaired) electrons. The molecule has 2 heterocycles. The maximum atomic E-state index is 13.9. The van der Waals surface area contributed by atoms with Gasteiger partial charge in [0.2, 0.25) is 5.91 Å². The molecule has 0 N–H and O–H groups in total. The molecule has 2 fully saturated rings. The highest BCUT2D eigenvalue weighted by molar-refractivity contribution is 5.96. The average molecular weight is 519 g/mol. The van der Waals surface area contributed by atoms with Gasteiger partial charge in [0, 0.05) is 56.2 Å². The second kappa shape index (κ2) is 12.4. The van der Waals surface area contributed by atoms with Crippen LogP contribution in [0.3, 0.4) is 0 Å². The lowest BCUT2D eigenvalue weighted by Gasteiger charge is -2.31. The van der Waals surface area contributed by atoms with E-state index in [0.29, 0.717) is 32.8 Å². The fourth-order valence-corrected chi connectivity index (χ4v) is 4.91. The highest BCUT2D eigenvalue weighted by Crippen LogP contribution is 2.29. The largest absolute Gasteiger partial charge is 0.379 e. The molecule has 1 aromatic heterocycles. The van der Waals surface area contributed by atoms with Crippen molar-refractivity contribution in [2.75, 3.05) is 45.9 Å². The van der Waals surface area contributed by atoms with Crippen molar-refractivity contribution in [3.8, 4) is 0 Å². The third-order valence-corrected chi connectivity index (χ3v) is 7.23. The van der Waals surface area contributed by atoms with Crippen LogP contribution in [-0.2, 0) is 22.6 Å². The van der Waals surface area contributed by atoms with Crippen LogP contribution in [0.25, 0.3) is 0 Å². The Balaban J connectivity index is 1.30. The van der Waals surface area contributed by atoms with Crippen LogP contribution in [0.1, 0.15) is 34.5 Å². The lowest BCUT2D eigenvalue weighted by molar-refractivity contribution is -0.133. The zero-order chi connectivity index (χ0) is 26.3. The molecule has 7 nitrogen and oxygen atoms in total. The maximum Gasteiger partial charge on any atom is 0.254 e. The molecule has 5 rings (SSSR count). The summed E-state index contributed by atoms with van der Waals surface area (Å²) in [6.45, 7) is 5.14. The van der Waals surface area contributed by atoms with Gasteiger partial charge in [0.1, 0.15) is 12.4 Å². The molecular formula is C30H35FN4O3. The number of ether oxygens (including phenoxy) is 1. The summed E-state index contributed by atoms with van der Waals surface area (Å²) in [6.07, 6.45) is 3.98. The van der Waals surface area contributed by atoms with E-state index in [1.165, 1.54) is 23.8 Å². The van der Waals surface area contributed by atoms with Crippen LogP contribution in [0.5, 0.6) is 0 Å². The second-order valence-electron chi connectivity index (χ2n) is 10.1. The number of hydrogen-bond acceptors (Lipinski definition) is 4. The number of amides is 2. The molecule has 0 atom stereocenters. The second-order valence-corrected chi connectivity index (χ2v) is 10.1. The summed E-state index contributed by atoms with van der Waals surface area (Å²) >= 11 is 0. The molecule has 0 spiro atoms. The van der Waals surface area contributed by atoms with Crippen molar-refractivity contribution in [1.82, 2.24) is 19.3 Å². The van der Waals surface area contributed by atoms with Crippen molar-refractivity contribution >= 4 is 11.8 Å². The van der Waals surface area contributed by atoms with Gasteiger partial charge in [0.05, 0.1) is 19.8 Å². The standard InChI is InChI=1S/C30H35FN4O3/c31-26-9-4-8-25(20-26)30(37)34(15-14-32-16-18-38-19-17-32)23-29(36)35(27-11-12-27)22-28-10-5-13-33(28)21-24-6-2-1-3-7-24/h1-10,13,20,27H,11-12,14-19,21-23H2. The monoisotopic (exact) mass is 518 g/mol. The number of nitrogens with zero attached hydrogens (tertiary/aromatic N) is 4. The quantitative estimate of drug-likeness (QED) is 0.389. The molecule has 1 aliphatic carbocycles. The predicted octanol–water partition coefficient (Wildman–Crippen LogP) is 3.64. The van der Waals surface area contributed by atoms with Gasteiger partial charge in [-0.25, -0.2) is 4.39 Å². The highest BCUT2D eigenvalue weighted by Gasteiger charge is 2.34. The summed E-state index contributed by atoms with van der Waals surface area (Å²) in [6, 6.07) is 20.2. The Labute approximate surface area is 223 Å². The first-order chi connectivity index (χ1) is 18.6. The lowest BCUT2D eigenvalue weighted by atomic mass is 10.2. The van der Waals surface area contributed by atoms with Crippen LogP contribution in [0.2, 0.25) is 0 Å². The molecule has 2 aliphatic rings. The third-order valence-electron chi connectivity index (χ3n) is 7.23. The van der Waals surface area contributed by atoms with Gasteiger partial charge in [-0.15, -0.1) is 0 Å². The molecule has 0 unspecified atom stereocenters. The molecule has 8 heteroatoms. The van der Waals surface area contributed by atoms with E-state index >= 15 is 0 Å². The Morgan fingerprint density at radius 1 is 0.974 bits per heavy atom. The van der Waals surface area contributed by atoms with Gasteiger partial charge in [0.15, 0.2) is 0 Å². The van der Waals surface area contributed by atoms with Gasteiger partial charge in [-0.1, -0.05) is 36.4 Å². The molecule has 1 aliphatic heterocycles. The Bertz CT molecular complexity index is 1220. The Morgan fingerprint density at radius 2 is 1.76 bits per heavy atom. The number of halogens is 1. The highest BCUT2D eigenvalue weighted by atomic mass is 19.1. The van der Waals surface area contributed by atoms with E-state index in [4.69, 9.17) is 4.74 Å². The van der Waals surface area contributed by atoms with Crippen LogP contribution >= 0.6 is 0 Å². The third kappa shape index (κ3) is 6.88. The van der Waals surface area contributed by atoms with E-state index in [0.717, 1.165) is 38.2 Å². The van der Waals surface area contributed by atoms with Crippen LogP contribution in [0, 0.1) is 5.82 Å². The van der Waals surface area contributed by atoms with Crippen molar-refractivity contribution < 1.29 is 18.7 Å². The normalized spacial score (nSPS) is 15.8. The Kier molecular flexibility index (Phi) is 8.51. The molecule has 2 amide bonds. The first-order valence-electron chi connectivity index (χ1n) is 13.4. The van der Waals surface area contributed by atoms with Gasteiger partial charge >= 0.3 is 0 Å². The number of morpholine rings is 1. The summed E-state index contributed by atoms with van der Waals surface area (Å²) in [7, 11) is 0. The first-order valence-corrected chi connectivity index (χ1v) is 13.4. The Morgan fingerprint density at radius 3 is 2.50 bits per heavy atom. The summed E-state index contributed by atoms with van der Waals surface area (Å²) < 4.78 is 21.5. The summed E-state index contributed by atoms with van der Waals surface area (Å²) in [4.78, 5) is 32.8. The summed E-state index contributed by atoms with van der Waals surface area (Å²) in [5.74, 6) is -0.866. The molecular weight excluding hydrogens is 483 g/mol. The number of hydrogen-bond donors (Lipinski definition) is 0. The number of carbonyl (C=O) groups excluding carboxylic acids is 2. The van der Waals surface area contributed by atoms with Gasteiger partial charge in [-0.05, 0) is 48.7 Å². The molecule has 1 saturated heterocycles. The van der Waals surface area contributed by atoms with Crippen LogP contribution in [-0.4, -0.2) is 83.1 Å². The summed E-state index contributed by atoms with van der Waals surface area (Å²) in [5, 5.41) is 0. The molecule has 38 heavy (non-hydrogen) atoms. The maximum absolute atomic E-state index is 13.9. The topological polar surface area (TPSA) is 58.0 Å². The van der Waals surface area contributed by atoms with Gasteiger partial charge in [-0.3, -0.25) is 14.5 Å². The number of aromatic nitrogens is 1. The number of rotatable bonds is 11. The Hall–Kier alpha value is -3.49.